The first-order valence-corrected chi connectivity index (χ1v) is 14.2. The Morgan fingerprint density at radius 1 is 0.458 bits per heavy atom. The Hall–Kier alpha value is 3.24. The zero-order chi connectivity index (χ0) is 18.3. The summed E-state index contributed by atoms with van der Waals surface area (Å²) in [5.74, 6) is 0. The molecule has 0 spiro atoms. The van der Waals surface area contributed by atoms with Gasteiger partial charge in [0.1, 0.15) is 0 Å². The van der Waals surface area contributed by atoms with Crippen LogP contribution in [0, 0.1) is 0 Å². The number of rotatable bonds is 3. The molecule has 0 fully saturated rings. The van der Waals surface area contributed by atoms with Crippen LogP contribution in [-0.2, 0) is 0 Å². The summed E-state index contributed by atoms with van der Waals surface area (Å²) < 4.78 is 7.83. The molecule has 10 heteroatoms. The quantitative estimate of drug-likeness (QED) is 0.163. The molecule has 0 aliphatic heterocycles. The Morgan fingerprint density at radius 2 is 0.750 bits per heavy atom. The van der Waals surface area contributed by atoms with E-state index >= 15 is 0 Å². The van der Waals surface area contributed by atoms with E-state index in [1.807, 2.05) is 0 Å². The van der Waals surface area contributed by atoms with E-state index in [0.29, 0.717) is 0 Å². The van der Waals surface area contributed by atoms with Crippen LogP contribution in [0.15, 0.2) is 47.9 Å². The highest BCUT2D eigenvalue weighted by molar-refractivity contribution is 9.16. The van der Waals surface area contributed by atoms with Crippen molar-refractivity contribution in [3.63, 3.8) is 0 Å². The van der Waals surface area contributed by atoms with Gasteiger partial charge in [0.25, 0.3) is 0 Å². The highest BCUT2D eigenvalue weighted by atomic mass is 79.9. The lowest BCUT2D eigenvalue weighted by Gasteiger charge is -2.22. The van der Waals surface area contributed by atoms with Gasteiger partial charge in [-0.25, -0.2) is 0 Å². The summed E-state index contributed by atoms with van der Waals surface area (Å²) in [6, 6.07) is 4.17. The minimum absolute atomic E-state index is 0.0313. The Labute approximate surface area is 224 Å². The van der Waals surface area contributed by atoms with Crippen molar-refractivity contribution in [3.8, 4) is 0 Å². The Kier molecular flexibility index (Phi) is 9.63. The Balaban J connectivity index is 2.54. The predicted molar refractivity (Wildman–Crippen MR) is 138 cm³/mol. The normalized spacial score (nSPS) is 13.9. The average molecular weight is 971 g/mol. The van der Waals surface area contributed by atoms with Gasteiger partial charge in [0, 0.05) is 35.8 Å². The monoisotopic (exact) mass is 961 g/mol. The van der Waals surface area contributed by atoms with Crippen LogP contribution in [0.1, 0.15) is 20.8 Å². The van der Waals surface area contributed by atoms with Gasteiger partial charge >= 0.3 is 0 Å². The fraction of sp³-hybridized carbons (Fsp3) is 0.143. The van der Waals surface area contributed by atoms with E-state index in [9.17, 15) is 0 Å². The molecule has 2 unspecified atom stereocenters. The first kappa shape index (κ1) is 23.5. The van der Waals surface area contributed by atoms with Crippen molar-refractivity contribution < 1.29 is 0 Å². The number of hydrogen-bond donors (Lipinski definition) is 0. The maximum atomic E-state index is 3.84. The molecule has 2 rings (SSSR count). The first-order valence-electron chi connectivity index (χ1n) is 6.01. The van der Waals surface area contributed by atoms with Crippen molar-refractivity contribution in [2.75, 3.05) is 0 Å². The lowest BCUT2D eigenvalue weighted by molar-refractivity contribution is 0.921. The second-order valence-electron chi connectivity index (χ2n) is 4.58. The lowest BCUT2D eigenvalue weighted by atomic mass is 10.0. The highest BCUT2D eigenvalue weighted by Crippen LogP contribution is 2.52. The second kappa shape index (κ2) is 9.83. The Bertz CT molecular complexity index is 734. The summed E-state index contributed by atoms with van der Waals surface area (Å²) in [6.45, 7) is 0. The van der Waals surface area contributed by atoms with E-state index in [0.717, 1.165) is 46.9 Å². The van der Waals surface area contributed by atoms with Gasteiger partial charge in [-0.05, 0) is 151 Å². The number of halogens is 10. The summed E-state index contributed by atoms with van der Waals surface area (Å²) in [7, 11) is 0. The largest absolute Gasteiger partial charge is 0.0822 e. The first-order chi connectivity index (χ1) is 11.1. The molecular formula is C14H4Br10. The summed E-state index contributed by atoms with van der Waals surface area (Å²) in [5.41, 5.74) is 2.22. The van der Waals surface area contributed by atoms with Crippen LogP contribution in [0.3, 0.4) is 0 Å². The molecule has 0 nitrogen and oxygen atoms in total. The van der Waals surface area contributed by atoms with Crippen molar-refractivity contribution in [1.82, 2.24) is 0 Å². The number of benzene rings is 2. The van der Waals surface area contributed by atoms with Crippen LogP contribution in [-0.4, -0.2) is 0 Å². The van der Waals surface area contributed by atoms with Crippen LogP contribution in [0.4, 0.5) is 0 Å². The minimum Gasteiger partial charge on any atom is -0.0822 e. The van der Waals surface area contributed by atoms with Crippen molar-refractivity contribution in [2.24, 2.45) is 0 Å². The topological polar surface area (TPSA) is 0 Å². The summed E-state index contributed by atoms with van der Waals surface area (Å²) in [5, 5.41) is 0. The molecule has 0 heterocycles. The van der Waals surface area contributed by atoms with E-state index in [1.165, 1.54) is 0 Å². The van der Waals surface area contributed by atoms with E-state index < -0.39 is 0 Å². The zero-order valence-electron chi connectivity index (χ0n) is 11.1. The maximum Gasteiger partial charge on any atom is 0.0573 e. The third-order valence-electron chi connectivity index (χ3n) is 3.11. The van der Waals surface area contributed by atoms with Crippen LogP contribution >= 0.6 is 159 Å². The smallest absolute Gasteiger partial charge is 0.0573 e. The lowest BCUT2D eigenvalue weighted by Crippen LogP contribution is -2.03. The number of hydrogen-bond acceptors (Lipinski definition) is 0. The zero-order valence-corrected chi connectivity index (χ0v) is 26.9. The summed E-state index contributed by atoms with van der Waals surface area (Å²) >= 11 is 36.5. The standard InChI is InChI=1S/C14H4Br10/c15-5-1-3(9(19)13(23)11(5)21)7(17)8(18)4-2-6(16)12(22)14(24)10(4)20/h1-2,7-8H. The van der Waals surface area contributed by atoms with E-state index in [2.05, 4.69) is 171 Å². The molecule has 0 aliphatic rings. The molecule has 130 valence electrons. The van der Waals surface area contributed by atoms with Crippen LogP contribution in [0.25, 0.3) is 0 Å². The molecule has 2 aromatic rings. The molecule has 2 aromatic carbocycles. The molecule has 0 saturated heterocycles. The molecule has 0 saturated carbocycles. The van der Waals surface area contributed by atoms with Gasteiger partial charge in [-0.15, -0.1) is 0 Å². The predicted octanol–water partition coefficient (Wildman–Crippen LogP) is 11.4. The molecule has 0 bridgehead atoms. The van der Waals surface area contributed by atoms with Crippen LogP contribution < -0.4 is 0 Å². The molecule has 0 aromatic heterocycles. The fourth-order valence-electron chi connectivity index (χ4n) is 1.90. The van der Waals surface area contributed by atoms with Gasteiger partial charge in [-0.3, -0.25) is 0 Å². The second-order valence-corrected chi connectivity index (χ2v) is 13.0. The molecular weight excluding hydrogens is 967 g/mol. The Morgan fingerprint density at radius 3 is 1.04 bits per heavy atom. The molecule has 0 amide bonds. The highest BCUT2D eigenvalue weighted by Gasteiger charge is 2.27. The van der Waals surface area contributed by atoms with Gasteiger partial charge in [0.15, 0.2) is 0 Å². The molecule has 24 heavy (non-hydrogen) atoms. The van der Waals surface area contributed by atoms with E-state index in [4.69, 9.17) is 0 Å². The van der Waals surface area contributed by atoms with Gasteiger partial charge in [-0.2, -0.15) is 0 Å². The van der Waals surface area contributed by atoms with Gasteiger partial charge in [0.05, 0.1) is 9.65 Å². The molecule has 0 aliphatic carbocycles. The third-order valence-corrected chi connectivity index (χ3v) is 15.3. The SMILES string of the molecule is Brc1cc(C(Br)C(Br)c2cc(Br)c(Br)c(Br)c2Br)c(Br)c(Br)c1Br. The van der Waals surface area contributed by atoms with Crippen LogP contribution in [0.2, 0.25) is 0 Å². The minimum atomic E-state index is 0.0313. The van der Waals surface area contributed by atoms with Gasteiger partial charge in [-0.1, -0.05) is 31.9 Å². The third kappa shape index (κ3) is 4.86. The summed E-state index contributed by atoms with van der Waals surface area (Å²) in [6.07, 6.45) is 0. The summed E-state index contributed by atoms with van der Waals surface area (Å²) in [4.78, 5) is 0.0627. The van der Waals surface area contributed by atoms with Gasteiger partial charge in [0.2, 0.25) is 0 Å². The van der Waals surface area contributed by atoms with Crippen molar-refractivity contribution in [3.05, 3.63) is 59.0 Å². The van der Waals surface area contributed by atoms with Crippen LogP contribution in [0.5, 0.6) is 0 Å². The van der Waals surface area contributed by atoms with Crippen molar-refractivity contribution >= 4 is 159 Å². The van der Waals surface area contributed by atoms with Crippen molar-refractivity contribution in [1.29, 1.82) is 0 Å². The molecule has 0 radical (unpaired) electrons. The van der Waals surface area contributed by atoms with Crippen molar-refractivity contribution in [2.45, 2.75) is 9.65 Å². The fourth-order valence-corrected chi connectivity index (χ4v) is 8.39. The van der Waals surface area contributed by atoms with Gasteiger partial charge < -0.3 is 0 Å². The molecule has 0 N–H and O–H groups in total. The van der Waals surface area contributed by atoms with E-state index in [-0.39, 0.29) is 9.65 Å². The average Bonchev–Trinajstić information content (AvgIpc) is 2.56. The maximum absolute atomic E-state index is 3.84. The van der Waals surface area contributed by atoms with E-state index in [1.54, 1.807) is 0 Å². The molecule has 2 atom stereocenters. The number of alkyl halides is 2.